The van der Waals surface area contributed by atoms with Crippen LogP contribution in [0.2, 0.25) is 0 Å². The van der Waals surface area contributed by atoms with E-state index in [0.29, 0.717) is 49.9 Å². The zero-order chi connectivity index (χ0) is 22.9. The SMILES string of the molecule is CCOc1ccccc1OC1CCCN(c2ncc(C(=O)NCCCc3nn[nH]n3)cn2)C1. The molecule has 1 aliphatic rings. The number of amides is 1. The maximum Gasteiger partial charge on any atom is 0.254 e. The molecule has 1 amide bonds. The van der Waals surface area contributed by atoms with Crippen molar-refractivity contribution in [2.45, 2.75) is 38.7 Å². The van der Waals surface area contributed by atoms with Gasteiger partial charge in [-0.15, -0.1) is 10.2 Å². The highest BCUT2D eigenvalue weighted by Gasteiger charge is 2.24. The number of hydrogen-bond donors (Lipinski definition) is 2. The summed E-state index contributed by atoms with van der Waals surface area (Å²) in [7, 11) is 0. The van der Waals surface area contributed by atoms with Gasteiger partial charge in [0.2, 0.25) is 5.95 Å². The van der Waals surface area contributed by atoms with Crippen molar-refractivity contribution in [2.75, 3.05) is 31.1 Å². The molecule has 0 spiro atoms. The highest BCUT2D eigenvalue weighted by molar-refractivity contribution is 5.93. The van der Waals surface area contributed by atoms with E-state index < -0.39 is 0 Å². The lowest BCUT2D eigenvalue weighted by Crippen LogP contribution is -2.42. The minimum absolute atomic E-state index is 0.00568. The maximum absolute atomic E-state index is 12.3. The zero-order valence-electron chi connectivity index (χ0n) is 18.6. The van der Waals surface area contributed by atoms with Gasteiger partial charge in [0.1, 0.15) is 6.10 Å². The Bertz CT molecular complexity index is 1010. The number of H-pyrrole nitrogens is 1. The number of carbonyl (C=O) groups excluding carboxylic acids is 1. The first-order valence-electron chi connectivity index (χ1n) is 11.2. The van der Waals surface area contributed by atoms with Gasteiger partial charge >= 0.3 is 0 Å². The van der Waals surface area contributed by atoms with Gasteiger partial charge in [0.15, 0.2) is 17.3 Å². The minimum atomic E-state index is -0.206. The normalized spacial score (nSPS) is 15.8. The van der Waals surface area contributed by atoms with E-state index >= 15 is 0 Å². The van der Waals surface area contributed by atoms with Gasteiger partial charge in [0.05, 0.1) is 18.7 Å². The third kappa shape index (κ3) is 6.15. The number of aryl methyl sites for hydroxylation is 1. The van der Waals surface area contributed by atoms with E-state index in [9.17, 15) is 4.79 Å². The van der Waals surface area contributed by atoms with E-state index in [1.54, 1.807) is 12.4 Å². The minimum Gasteiger partial charge on any atom is -0.490 e. The molecule has 1 aliphatic heterocycles. The summed E-state index contributed by atoms with van der Waals surface area (Å²) in [5.74, 6) is 2.51. The number of rotatable bonds is 10. The van der Waals surface area contributed by atoms with Crippen LogP contribution in [0.3, 0.4) is 0 Å². The maximum atomic E-state index is 12.3. The first kappa shape index (κ1) is 22.4. The Hall–Kier alpha value is -3.76. The molecule has 4 rings (SSSR count). The number of nitrogens with one attached hydrogen (secondary N) is 2. The average Bonchev–Trinajstić information content (AvgIpc) is 3.37. The molecular weight excluding hydrogens is 424 g/mol. The second kappa shape index (κ2) is 11.2. The van der Waals surface area contributed by atoms with Gasteiger partial charge in [0.25, 0.3) is 5.91 Å². The lowest BCUT2D eigenvalue weighted by atomic mass is 10.1. The molecule has 2 aromatic heterocycles. The molecule has 174 valence electrons. The molecule has 3 heterocycles. The van der Waals surface area contributed by atoms with Gasteiger partial charge in [0, 0.05) is 31.9 Å². The molecule has 0 bridgehead atoms. The molecular formula is C22H28N8O3. The number of hydrogen-bond acceptors (Lipinski definition) is 9. The number of ether oxygens (including phenoxy) is 2. The first-order valence-corrected chi connectivity index (χ1v) is 11.2. The first-order chi connectivity index (χ1) is 16.2. The van der Waals surface area contributed by atoms with Crippen LogP contribution in [0, 0.1) is 0 Å². The van der Waals surface area contributed by atoms with Crippen molar-refractivity contribution < 1.29 is 14.3 Å². The standard InChI is InChI=1S/C22H28N8O3/c1-2-32-18-8-3-4-9-19(18)33-17-7-6-12-30(15-17)22-24-13-16(14-25-22)21(31)23-11-5-10-20-26-28-29-27-20/h3-4,8-9,13-14,17H,2,5-7,10-12,15H2,1H3,(H,23,31)(H,26,27,28,29). The Morgan fingerprint density at radius 1 is 1.24 bits per heavy atom. The summed E-state index contributed by atoms with van der Waals surface area (Å²) in [4.78, 5) is 23.3. The monoisotopic (exact) mass is 452 g/mol. The molecule has 1 atom stereocenters. The van der Waals surface area contributed by atoms with Crippen molar-refractivity contribution in [3.05, 3.63) is 48.0 Å². The number of anilines is 1. The Balaban J connectivity index is 1.28. The molecule has 3 aromatic rings. The van der Waals surface area contributed by atoms with E-state index in [2.05, 4.69) is 40.8 Å². The lowest BCUT2D eigenvalue weighted by molar-refractivity contribution is 0.0952. The lowest BCUT2D eigenvalue weighted by Gasteiger charge is -2.33. The van der Waals surface area contributed by atoms with E-state index in [-0.39, 0.29) is 12.0 Å². The fourth-order valence-corrected chi connectivity index (χ4v) is 3.66. The topological polar surface area (TPSA) is 131 Å². The van der Waals surface area contributed by atoms with Crippen LogP contribution in [0.4, 0.5) is 5.95 Å². The number of aromatic nitrogens is 6. The summed E-state index contributed by atoms with van der Waals surface area (Å²) in [5, 5.41) is 16.6. The second-order valence-electron chi connectivity index (χ2n) is 7.67. The number of para-hydroxylation sites is 2. The van der Waals surface area contributed by atoms with Gasteiger partial charge in [-0.1, -0.05) is 17.3 Å². The van der Waals surface area contributed by atoms with Crippen molar-refractivity contribution in [2.24, 2.45) is 0 Å². The van der Waals surface area contributed by atoms with Crippen molar-refractivity contribution in [3.63, 3.8) is 0 Å². The number of aromatic amines is 1. The van der Waals surface area contributed by atoms with Crippen LogP contribution in [-0.2, 0) is 6.42 Å². The van der Waals surface area contributed by atoms with Crippen molar-refractivity contribution >= 4 is 11.9 Å². The molecule has 0 aliphatic carbocycles. The van der Waals surface area contributed by atoms with Crippen LogP contribution in [0.25, 0.3) is 0 Å². The van der Waals surface area contributed by atoms with Crippen LogP contribution >= 0.6 is 0 Å². The Kier molecular flexibility index (Phi) is 7.62. The number of nitrogens with zero attached hydrogens (tertiary/aromatic N) is 6. The molecule has 2 N–H and O–H groups in total. The zero-order valence-corrected chi connectivity index (χ0v) is 18.6. The molecule has 1 aromatic carbocycles. The summed E-state index contributed by atoms with van der Waals surface area (Å²) < 4.78 is 11.9. The van der Waals surface area contributed by atoms with Crippen LogP contribution in [-0.4, -0.2) is 68.8 Å². The molecule has 11 heteroatoms. The average molecular weight is 453 g/mol. The fraction of sp³-hybridized carbons (Fsp3) is 0.455. The van der Waals surface area contributed by atoms with E-state index in [4.69, 9.17) is 9.47 Å². The second-order valence-corrected chi connectivity index (χ2v) is 7.67. The molecule has 1 saturated heterocycles. The number of piperidine rings is 1. The molecule has 1 fully saturated rings. The number of benzene rings is 1. The quantitative estimate of drug-likeness (QED) is 0.442. The molecule has 33 heavy (non-hydrogen) atoms. The van der Waals surface area contributed by atoms with Gasteiger partial charge in [-0.3, -0.25) is 4.79 Å². The summed E-state index contributed by atoms with van der Waals surface area (Å²) in [6.45, 7) is 4.56. The summed E-state index contributed by atoms with van der Waals surface area (Å²) in [6, 6.07) is 7.72. The predicted octanol–water partition coefficient (Wildman–Crippen LogP) is 1.80. The van der Waals surface area contributed by atoms with E-state index in [1.165, 1.54) is 0 Å². The summed E-state index contributed by atoms with van der Waals surface area (Å²) in [5.41, 5.74) is 0.425. The third-order valence-corrected chi connectivity index (χ3v) is 5.26. The van der Waals surface area contributed by atoms with Crippen LogP contribution < -0.4 is 19.7 Å². The van der Waals surface area contributed by atoms with Crippen LogP contribution in [0.5, 0.6) is 11.5 Å². The summed E-state index contributed by atoms with van der Waals surface area (Å²) >= 11 is 0. The van der Waals surface area contributed by atoms with Crippen molar-refractivity contribution in [1.29, 1.82) is 0 Å². The largest absolute Gasteiger partial charge is 0.490 e. The van der Waals surface area contributed by atoms with Crippen molar-refractivity contribution in [3.8, 4) is 11.5 Å². The van der Waals surface area contributed by atoms with Crippen LogP contribution in [0.1, 0.15) is 42.4 Å². The van der Waals surface area contributed by atoms with Gasteiger partial charge in [-0.05, 0) is 38.3 Å². The molecule has 0 radical (unpaired) electrons. The summed E-state index contributed by atoms with van der Waals surface area (Å²) in [6.07, 6.45) is 6.39. The Morgan fingerprint density at radius 2 is 2.06 bits per heavy atom. The Labute approximate surface area is 191 Å². The number of tetrazole rings is 1. The van der Waals surface area contributed by atoms with Crippen molar-refractivity contribution in [1.82, 2.24) is 35.9 Å². The third-order valence-electron chi connectivity index (χ3n) is 5.26. The molecule has 1 unspecified atom stereocenters. The number of carbonyl (C=O) groups is 1. The van der Waals surface area contributed by atoms with Gasteiger partial charge < -0.3 is 19.7 Å². The van der Waals surface area contributed by atoms with E-state index in [0.717, 1.165) is 30.9 Å². The van der Waals surface area contributed by atoms with Crippen LogP contribution in [0.15, 0.2) is 36.7 Å². The molecule has 0 saturated carbocycles. The highest BCUT2D eigenvalue weighted by atomic mass is 16.5. The fourth-order valence-electron chi connectivity index (χ4n) is 3.66. The van der Waals surface area contributed by atoms with Gasteiger partial charge in [-0.25, -0.2) is 9.97 Å². The van der Waals surface area contributed by atoms with Gasteiger partial charge in [-0.2, -0.15) is 5.21 Å². The van der Waals surface area contributed by atoms with E-state index in [1.807, 2.05) is 31.2 Å². The highest BCUT2D eigenvalue weighted by Crippen LogP contribution is 2.29. The predicted molar refractivity (Wildman–Crippen MR) is 120 cm³/mol. The Morgan fingerprint density at radius 3 is 2.82 bits per heavy atom. The molecule has 11 nitrogen and oxygen atoms in total. The smallest absolute Gasteiger partial charge is 0.254 e.